The van der Waals surface area contributed by atoms with Crippen LogP contribution in [-0.4, -0.2) is 0 Å². The first-order chi connectivity index (χ1) is 8.65. The number of benzene rings is 1. The van der Waals surface area contributed by atoms with Gasteiger partial charge in [-0.1, -0.05) is 0 Å². The van der Waals surface area contributed by atoms with Crippen molar-refractivity contribution < 1.29 is 4.39 Å². The van der Waals surface area contributed by atoms with E-state index in [1.165, 1.54) is 10.9 Å². The Morgan fingerprint density at radius 2 is 2.06 bits per heavy atom. The van der Waals surface area contributed by atoms with Crippen LogP contribution in [0.4, 0.5) is 4.39 Å². The Bertz CT molecular complexity index is 699. The number of hydrogen-bond acceptors (Lipinski definition) is 3. The summed E-state index contributed by atoms with van der Waals surface area (Å²) < 4.78 is 14.2. The molecule has 4 heteroatoms. The third-order valence-electron chi connectivity index (χ3n) is 3.04. The molecular weight excluding hydrogens is 265 g/mol. The molecule has 0 aliphatic rings. The van der Waals surface area contributed by atoms with Crippen LogP contribution in [0.1, 0.15) is 21.4 Å². The van der Waals surface area contributed by atoms with Crippen molar-refractivity contribution in [3.05, 3.63) is 56.8 Å². The third kappa shape index (κ3) is 1.96. The maximum absolute atomic E-state index is 13.2. The van der Waals surface area contributed by atoms with E-state index in [9.17, 15) is 4.39 Å². The van der Waals surface area contributed by atoms with Crippen LogP contribution in [0.2, 0.25) is 0 Å². The molecular formula is C14H12FNS2. The summed E-state index contributed by atoms with van der Waals surface area (Å²) in [5.41, 5.74) is 7.45. The van der Waals surface area contributed by atoms with Crippen molar-refractivity contribution >= 4 is 32.8 Å². The smallest absolute Gasteiger partial charge is 0.123 e. The van der Waals surface area contributed by atoms with Gasteiger partial charge >= 0.3 is 0 Å². The van der Waals surface area contributed by atoms with E-state index in [2.05, 4.69) is 18.4 Å². The second-order valence-electron chi connectivity index (χ2n) is 4.24. The standard InChI is InChI=1S/C14H12FNS2/c1-8-11(4-5-17-8)14(16)13-7-9-6-10(15)2-3-12(9)18-13/h2-7,14H,16H2,1H3. The van der Waals surface area contributed by atoms with Gasteiger partial charge in [0.05, 0.1) is 6.04 Å². The van der Waals surface area contributed by atoms with E-state index in [4.69, 9.17) is 5.73 Å². The van der Waals surface area contributed by atoms with Gasteiger partial charge in [0.2, 0.25) is 0 Å². The van der Waals surface area contributed by atoms with E-state index >= 15 is 0 Å². The van der Waals surface area contributed by atoms with Gasteiger partial charge in [-0.3, -0.25) is 0 Å². The van der Waals surface area contributed by atoms with Crippen LogP contribution < -0.4 is 5.73 Å². The Kier molecular flexibility index (Phi) is 2.93. The normalized spacial score (nSPS) is 13.1. The molecule has 92 valence electrons. The summed E-state index contributed by atoms with van der Waals surface area (Å²) in [6.07, 6.45) is 0. The fourth-order valence-electron chi connectivity index (χ4n) is 2.06. The molecule has 0 saturated carbocycles. The van der Waals surface area contributed by atoms with Crippen LogP contribution in [0.3, 0.4) is 0 Å². The second-order valence-corrected chi connectivity index (χ2v) is 6.48. The summed E-state index contributed by atoms with van der Waals surface area (Å²) in [5, 5.41) is 2.98. The van der Waals surface area contributed by atoms with Gasteiger partial charge in [0.25, 0.3) is 0 Å². The summed E-state index contributed by atoms with van der Waals surface area (Å²) in [7, 11) is 0. The van der Waals surface area contributed by atoms with Gasteiger partial charge < -0.3 is 5.73 Å². The lowest BCUT2D eigenvalue weighted by Gasteiger charge is -2.08. The Hall–Kier alpha value is -1.23. The van der Waals surface area contributed by atoms with Crippen molar-refractivity contribution in [3.8, 4) is 0 Å². The minimum absolute atomic E-state index is 0.114. The predicted molar refractivity (Wildman–Crippen MR) is 76.9 cm³/mol. The zero-order chi connectivity index (χ0) is 12.7. The summed E-state index contributed by atoms with van der Waals surface area (Å²) in [6, 6.07) is 8.80. The van der Waals surface area contributed by atoms with Crippen molar-refractivity contribution in [2.75, 3.05) is 0 Å². The number of fused-ring (bicyclic) bond motifs is 1. The van der Waals surface area contributed by atoms with Gasteiger partial charge in [0.15, 0.2) is 0 Å². The number of thiophene rings is 2. The van der Waals surface area contributed by atoms with Gasteiger partial charge in [-0.25, -0.2) is 4.39 Å². The van der Waals surface area contributed by atoms with Crippen molar-refractivity contribution in [1.29, 1.82) is 0 Å². The SMILES string of the molecule is Cc1sccc1C(N)c1cc2cc(F)ccc2s1. The summed E-state index contributed by atoms with van der Waals surface area (Å²) in [5.74, 6) is -0.202. The van der Waals surface area contributed by atoms with Crippen molar-refractivity contribution in [1.82, 2.24) is 0 Å². The molecule has 2 heterocycles. The predicted octanol–water partition coefficient (Wildman–Crippen LogP) is 4.46. The fourth-order valence-corrected chi connectivity index (χ4v) is 3.87. The Morgan fingerprint density at radius 3 is 2.78 bits per heavy atom. The molecule has 0 aliphatic heterocycles. The number of rotatable bonds is 2. The molecule has 0 bridgehead atoms. The molecule has 0 saturated heterocycles. The average Bonchev–Trinajstić information content (AvgIpc) is 2.93. The van der Waals surface area contributed by atoms with Gasteiger partial charge in [0.1, 0.15) is 5.82 Å². The van der Waals surface area contributed by atoms with E-state index in [-0.39, 0.29) is 11.9 Å². The quantitative estimate of drug-likeness (QED) is 0.735. The first-order valence-corrected chi connectivity index (χ1v) is 7.33. The maximum atomic E-state index is 13.2. The number of hydrogen-bond donors (Lipinski definition) is 1. The molecule has 2 N–H and O–H groups in total. The topological polar surface area (TPSA) is 26.0 Å². The lowest BCUT2D eigenvalue weighted by atomic mass is 10.1. The highest BCUT2D eigenvalue weighted by atomic mass is 32.1. The third-order valence-corrected chi connectivity index (χ3v) is 5.10. The molecule has 0 fully saturated rings. The second kappa shape index (κ2) is 4.46. The van der Waals surface area contributed by atoms with E-state index in [0.29, 0.717) is 0 Å². The first kappa shape index (κ1) is 11.8. The molecule has 0 radical (unpaired) electrons. The lowest BCUT2D eigenvalue weighted by molar-refractivity contribution is 0.630. The maximum Gasteiger partial charge on any atom is 0.123 e. The van der Waals surface area contributed by atoms with Crippen molar-refractivity contribution in [2.45, 2.75) is 13.0 Å². The highest BCUT2D eigenvalue weighted by molar-refractivity contribution is 7.19. The molecule has 0 spiro atoms. The van der Waals surface area contributed by atoms with Gasteiger partial charge in [-0.2, -0.15) is 0 Å². The van der Waals surface area contributed by atoms with Crippen LogP contribution >= 0.6 is 22.7 Å². The molecule has 3 rings (SSSR count). The van der Waals surface area contributed by atoms with E-state index in [1.807, 2.05) is 12.1 Å². The minimum atomic E-state index is -0.202. The largest absolute Gasteiger partial charge is 0.320 e. The van der Waals surface area contributed by atoms with Crippen LogP contribution in [-0.2, 0) is 0 Å². The molecule has 1 atom stereocenters. The lowest BCUT2D eigenvalue weighted by Crippen LogP contribution is -2.09. The van der Waals surface area contributed by atoms with E-state index in [0.717, 1.165) is 20.5 Å². The van der Waals surface area contributed by atoms with Crippen LogP contribution in [0.15, 0.2) is 35.7 Å². The summed E-state index contributed by atoms with van der Waals surface area (Å²) in [6.45, 7) is 2.08. The monoisotopic (exact) mass is 277 g/mol. The van der Waals surface area contributed by atoms with E-state index < -0.39 is 0 Å². The molecule has 18 heavy (non-hydrogen) atoms. The molecule has 3 aromatic rings. The summed E-state index contributed by atoms with van der Waals surface area (Å²) >= 11 is 3.34. The fraction of sp³-hybridized carbons (Fsp3) is 0.143. The zero-order valence-corrected chi connectivity index (χ0v) is 11.4. The zero-order valence-electron chi connectivity index (χ0n) is 9.81. The van der Waals surface area contributed by atoms with Gasteiger partial charge in [-0.15, -0.1) is 22.7 Å². The molecule has 0 amide bonds. The highest BCUT2D eigenvalue weighted by Gasteiger charge is 2.15. The Balaban J connectivity index is 2.07. The van der Waals surface area contributed by atoms with Gasteiger partial charge in [0, 0.05) is 14.5 Å². The minimum Gasteiger partial charge on any atom is -0.320 e. The summed E-state index contributed by atoms with van der Waals surface area (Å²) in [4.78, 5) is 2.32. The molecule has 1 unspecified atom stereocenters. The van der Waals surface area contributed by atoms with Crippen LogP contribution in [0, 0.1) is 12.7 Å². The molecule has 2 aromatic heterocycles. The van der Waals surface area contributed by atoms with Crippen LogP contribution in [0.25, 0.3) is 10.1 Å². The Labute approximate surface area is 113 Å². The number of nitrogens with two attached hydrogens (primary N) is 1. The highest BCUT2D eigenvalue weighted by Crippen LogP contribution is 2.34. The van der Waals surface area contributed by atoms with Crippen molar-refractivity contribution in [3.63, 3.8) is 0 Å². The first-order valence-electron chi connectivity index (χ1n) is 5.64. The molecule has 0 aliphatic carbocycles. The Morgan fingerprint density at radius 1 is 1.22 bits per heavy atom. The van der Waals surface area contributed by atoms with Crippen molar-refractivity contribution in [2.24, 2.45) is 5.73 Å². The number of halogens is 1. The van der Waals surface area contributed by atoms with E-state index in [1.54, 1.807) is 28.7 Å². The molecule has 1 aromatic carbocycles. The average molecular weight is 277 g/mol. The molecule has 1 nitrogen and oxygen atoms in total. The van der Waals surface area contributed by atoms with Crippen LogP contribution in [0.5, 0.6) is 0 Å². The number of aryl methyl sites for hydroxylation is 1. The van der Waals surface area contributed by atoms with Gasteiger partial charge in [-0.05, 0) is 53.6 Å².